The van der Waals surface area contributed by atoms with Gasteiger partial charge in [0.2, 0.25) is 11.8 Å². The maximum Gasteiger partial charge on any atom is 0.481 e. The van der Waals surface area contributed by atoms with Crippen molar-refractivity contribution in [1.29, 1.82) is 0 Å². The van der Waals surface area contributed by atoms with E-state index in [-0.39, 0.29) is 42.2 Å². The van der Waals surface area contributed by atoms with Crippen LogP contribution in [0.3, 0.4) is 0 Å². The van der Waals surface area contributed by atoms with Gasteiger partial charge in [-0.3, -0.25) is 42.1 Å². The Morgan fingerprint density at radius 1 is 0.984 bits per heavy atom. The minimum atomic E-state index is -5.62. The fraction of sp³-hybridized carbons (Fsp3) is 0.515. The zero-order valence-electron chi connectivity index (χ0n) is 33.6. The molecule has 1 fully saturated rings. The highest BCUT2D eigenvalue weighted by Gasteiger charge is 2.57. The number of ether oxygens (including phenoxy) is 1. The summed E-state index contributed by atoms with van der Waals surface area (Å²) in [6, 6.07) is 8.14. The number of anilines is 1. The van der Waals surface area contributed by atoms with Crippen molar-refractivity contribution in [2.75, 3.05) is 37.8 Å². The number of Topliss-reactive ketones (excluding diaryl/α,β-unsaturated/α-hetero) is 2. The number of thioether (sulfide) groups is 1. The molecular weight excluding hydrogens is 923 g/mol. The lowest BCUT2D eigenvalue weighted by Gasteiger charge is -2.30. The Bertz CT molecular complexity index is 2300. The molecular formula is C33H46N7O19P3S. The molecule has 2 aromatic heterocycles. The lowest BCUT2D eigenvalue weighted by molar-refractivity contribution is -0.137. The smallest absolute Gasteiger partial charge is 0.385 e. The second kappa shape index (κ2) is 21.4. The number of fused-ring (bicyclic) bond motifs is 1. The third kappa shape index (κ3) is 14.8. The number of aromatic nitrogens is 4. The van der Waals surface area contributed by atoms with Gasteiger partial charge in [0.15, 0.2) is 28.1 Å². The summed E-state index contributed by atoms with van der Waals surface area (Å²) in [5.74, 6) is -2.47. The Hall–Kier alpha value is -3.88. The largest absolute Gasteiger partial charge is 0.481 e. The number of aliphatic hydroxyl groups is 2. The van der Waals surface area contributed by atoms with E-state index in [1.54, 1.807) is 30.3 Å². The number of ketones is 2. The Morgan fingerprint density at radius 3 is 2.32 bits per heavy atom. The Labute approximate surface area is 362 Å². The van der Waals surface area contributed by atoms with Gasteiger partial charge >= 0.3 is 23.5 Å². The minimum absolute atomic E-state index is 0.00502. The molecule has 4 rings (SSSR count). The predicted molar refractivity (Wildman–Crippen MR) is 217 cm³/mol. The number of phosphoric acid groups is 3. The number of hydrogen-bond donors (Lipinski definition) is 9. The van der Waals surface area contributed by atoms with Crippen LogP contribution in [-0.2, 0) is 61.2 Å². The molecule has 3 aromatic rings. The molecule has 0 spiro atoms. The summed E-state index contributed by atoms with van der Waals surface area (Å²) >= 11 is 0.789. The van der Waals surface area contributed by atoms with Crippen LogP contribution in [0.4, 0.5) is 5.82 Å². The highest BCUT2D eigenvalue weighted by Crippen LogP contribution is 2.61. The summed E-state index contributed by atoms with van der Waals surface area (Å²) < 4.78 is 62.7. The fourth-order valence-electron chi connectivity index (χ4n) is 5.79. The van der Waals surface area contributed by atoms with Gasteiger partial charge in [0, 0.05) is 36.2 Å². The number of aliphatic hydroxyl groups excluding tert-OH is 2. The Morgan fingerprint density at radius 2 is 1.65 bits per heavy atom. The van der Waals surface area contributed by atoms with Crippen molar-refractivity contribution >= 4 is 80.7 Å². The predicted octanol–water partition coefficient (Wildman–Crippen LogP) is 0.0710. The number of carbonyl (C=O) groups excluding carboxylic acids is 5. The number of imidazole rings is 1. The maximum absolute atomic E-state index is 12.8. The molecule has 1 saturated heterocycles. The van der Waals surface area contributed by atoms with Crippen LogP contribution in [0, 0.1) is 5.41 Å². The van der Waals surface area contributed by atoms with Crippen LogP contribution in [0.1, 0.15) is 50.4 Å². The van der Waals surface area contributed by atoms with Gasteiger partial charge < -0.3 is 50.9 Å². The lowest BCUT2D eigenvalue weighted by Crippen LogP contribution is -2.46. The SMILES string of the molecule is CC(C)(COP(=O)(O)OP(=O)(O)OCC1OC(C)(n2cnc3c(N)ncnc32)C(O)C1OP(=O)(O)O)C(O)C(=O)NCCC(=O)NCCSC(=O)CC(=O)CC(=O)c1ccccc1. The summed E-state index contributed by atoms with van der Waals surface area (Å²) in [6.45, 7) is 1.33. The van der Waals surface area contributed by atoms with Gasteiger partial charge in [0.25, 0.3) is 0 Å². The van der Waals surface area contributed by atoms with E-state index in [0.717, 1.165) is 29.0 Å². The molecule has 3 heterocycles. The molecule has 0 radical (unpaired) electrons. The van der Waals surface area contributed by atoms with E-state index in [2.05, 4.69) is 29.9 Å². The number of hydrogen-bond acceptors (Lipinski definition) is 20. The van der Waals surface area contributed by atoms with Crippen LogP contribution >= 0.6 is 35.2 Å². The van der Waals surface area contributed by atoms with Crippen LogP contribution in [0.25, 0.3) is 11.2 Å². The van der Waals surface area contributed by atoms with Crippen molar-refractivity contribution in [2.24, 2.45) is 5.41 Å². The normalized spacial score (nSPS) is 21.6. The molecule has 0 saturated carbocycles. The van der Waals surface area contributed by atoms with Crippen LogP contribution < -0.4 is 16.4 Å². The fourth-order valence-corrected chi connectivity index (χ4v) is 9.30. The van der Waals surface area contributed by atoms with E-state index in [1.807, 2.05) is 0 Å². The topological polar surface area (TPSA) is 398 Å². The number of benzene rings is 1. The Balaban J connectivity index is 1.19. The number of phosphoric ester groups is 3. The van der Waals surface area contributed by atoms with E-state index in [9.17, 15) is 67.5 Å². The summed E-state index contributed by atoms with van der Waals surface area (Å²) in [5, 5.41) is 26.1. The molecule has 10 N–H and O–H groups in total. The van der Waals surface area contributed by atoms with Crippen molar-refractivity contribution in [3.05, 3.63) is 48.5 Å². The van der Waals surface area contributed by atoms with Gasteiger partial charge in [-0.15, -0.1) is 0 Å². The van der Waals surface area contributed by atoms with E-state index >= 15 is 0 Å². The third-order valence-electron chi connectivity index (χ3n) is 9.05. The Kier molecular flexibility index (Phi) is 17.6. The molecule has 0 bridgehead atoms. The number of nitrogen functional groups attached to an aromatic ring is 1. The number of rotatable bonds is 24. The third-order valence-corrected chi connectivity index (χ3v) is 13.0. The minimum Gasteiger partial charge on any atom is -0.385 e. The lowest BCUT2D eigenvalue weighted by atomic mass is 9.87. The number of nitrogens with one attached hydrogen (secondary N) is 2. The number of amides is 2. The molecule has 2 amide bonds. The molecule has 7 unspecified atom stereocenters. The van der Waals surface area contributed by atoms with E-state index < -0.39 is 114 Å². The van der Waals surface area contributed by atoms with E-state index in [0.29, 0.717) is 5.56 Å². The summed E-state index contributed by atoms with van der Waals surface area (Å²) in [4.78, 5) is 113. The molecule has 26 nitrogen and oxygen atoms in total. The average Bonchev–Trinajstić information content (AvgIpc) is 3.74. The molecule has 1 aromatic carbocycles. The van der Waals surface area contributed by atoms with Crippen molar-refractivity contribution in [3.63, 3.8) is 0 Å². The van der Waals surface area contributed by atoms with Crippen molar-refractivity contribution < 1.29 is 90.1 Å². The van der Waals surface area contributed by atoms with Gasteiger partial charge in [0.05, 0.1) is 32.4 Å². The first kappa shape index (κ1) is 51.8. The molecule has 0 aliphatic carbocycles. The van der Waals surface area contributed by atoms with E-state index in [4.69, 9.17) is 24.0 Å². The molecule has 1 aliphatic rings. The van der Waals surface area contributed by atoms with Crippen molar-refractivity contribution in [3.8, 4) is 0 Å². The van der Waals surface area contributed by atoms with Crippen molar-refractivity contribution in [1.82, 2.24) is 30.2 Å². The zero-order valence-corrected chi connectivity index (χ0v) is 37.1. The first-order valence-corrected chi connectivity index (χ1v) is 23.9. The van der Waals surface area contributed by atoms with Gasteiger partial charge in [-0.25, -0.2) is 28.6 Å². The second-order valence-corrected chi connectivity index (χ2v) is 19.9. The van der Waals surface area contributed by atoms with Gasteiger partial charge in [0.1, 0.15) is 42.0 Å². The number of carbonyl (C=O) groups is 5. The van der Waals surface area contributed by atoms with Crippen LogP contribution in [0.2, 0.25) is 0 Å². The summed E-state index contributed by atoms with van der Waals surface area (Å²) in [5.41, 5.74) is 2.56. The number of nitrogens with zero attached hydrogens (tertiary/aromatic N) is 4. The van der Waals surface area contributed by atoms with Gasteiger partial charge in [-0.2, -0.15) is 4.31 Å². The second-order valence-electron chi connectivity index (χ2n) is 14.5. The number of nitrogens with two attached hydrogens (primary N) is 1. The molecule has 7 atom stereocenters. The first-order valence-electron chi connectivity index (χ1n) is 18.4. The van der Waals surface area contributed by atoms with Crippen LogP contribution in [0.5, 0.6) is 0 Å². The quantitative estimate of drug-likeness (QED) is 0.0248. The summed E-state index contributed by atoms with van der Waals surface area (Å²) in [7, 11) is -16.5. The van der Waals surface area contributed by atoms with Gasteiger partial charge in [-0.05, 0) is 6.92 Å². The summed E-state index contributed by atoms with van der Waals surface area (Å²) in [6.07, 6.45) is -6.61. The van der Waals surface area contributed by atoms with Crippen LogP contribution in [-0.4, -0.2) is 134 Å². The van der Waals surface area contributed by atoms with Crippen LogP contribution in [0.15, 0.2) is 43.0 Å². The average molecular weight is 970 g/mol. The monoisotopic (exact) mass is 969 g/mol. The molecule has 1 aliphatic heterocycles. The first-order chi connectivity index (χ1) is 29.2. The molecule has 30 heteroatoms. The highest BCUT2D eigenvalue weighted by atomic mass is 32.2. The maximum atomic E-state index is 12.8. The highest BCUT2D eigenvalue weighted by molar-refractivity contribution is 8.13. The van der Waals surface area contributed by atoms with Crippen molar-refractivity contribution in [2.45, 2.75) is 70.2 Å². The zero-order chi connectivity index (χ0) is 47.0. The molecule has 63 heavy (non-hydrogen) atoms. The molecule has 348 valence electrons. The van der Waals surface area contributed by atoms with Gasteiger partial charge in [-0.1, -0.05) is 55.9 Å². The van der Waals surface area contributed by atoms with E-state index in [1.165, 1.54) is 20.8 Å². The standard InChI is InChI=1S/C33H46N7O19P3S/c1-32(2,28(46)31(47)36-10-9-23(43)35-11-12-63-24(44)14-20(41)13-21(42)19-7-5-4-6-8-19)16-56-62(53,54)59-61(51,52)55-15-22-26(58-60(48,49)50)27(45)33(3,57-22)40-18-39-25-29(34)37-17-38-30(25)40/h4-8,17-18,22,26-28,45-46H,9-16H2,1-3H3,(H,35,43)(H,36,47)(H,51,52)(H,53,54)(H2,34,37,38)(H2,48,49,50).